The number of piperidine rings is 1. The first-order valence-corrected chi connectivity index (χ1v) is 7.39. The summed E-state index contributed by atoms with van der Waals surface area (Å²) in [6.45, 7) is 1.21. The van der Waals surface area contributed by atoms with Crippen LogP contribution in [0.3, 0.4) is 0 Å². The number of furan rings is 1. The maximum absolute atomic E-state index is 12.1. The van der Waals surface area contributed by atoms with E-state index in [1.165, 1.54) is 12.4 Å². The molecule has 1 fully saturated rings. The van der Waals surface area contributed by atoms with E-state index in [1.807, 2.05) is 12.1 Å². The molecule has 3 amide bonds. The van der Waals surface area contributed by atoms with Crippen LogP contribution >= 0.6 is 0 Å². The number of nitrogens with zero attached hydrogens (tertiary/aromatic N) is 3. The Kier molecular flexibility index (Phi) is 4.51. The van der Waals surface area contributed by atoms with Crippen molar-refractivity contribution >= 4 is 11.9 Å². The van der Waals surface area contributed by atoms with Crippen molar-refractivity contribution in [1.29, 1.82) is 0 Å². The highest BCUT2D eigenvalue weighted by Gasteiger charge is 2.25. The SMILES string of the molecule is O=C(NNC(=O)N1CCC(c2ccco2)CC1)c1ncccn1. The van der Waals surface area contributed by atoms with E-state index in [0.29, 0.717) is 19.0 Å². The Balaban J connectivity index is 1.45. The number of hydrogen-bond acceptors (Lipinski definition) is 5. The molecule has 0 aromatic carbocycles. The van der Waals surface area contributed by atoms with Crippen molar-refractivity contribution in [1.82, 2.24) is 25.7 Å². The van der Waals surface area contributed by atoms with Crippen LogP contribution in [0.4, 0.5) is 4.79 Å². The van der Waals surface area contributed by atoms with E-state index in [-0.39, 0.29) is 11.9 Å². The Morgan fingerprint density at radius 1 is 1.13 bits per heavy atom. The minimum atomic E-state index is -0.551. The van der Waals surface area contributed by atoms with E-state index in [2.05, 4.69) is 20.8 Å². The summed E-state index contributed by atoms with van der Waals surface area (Å²) >= 11 is 0. The maximum Gasteiger partial charge on any atom is 0.336 e. The number of aromatic nitrogens is 2. The van der Waals surface area contributed by atoms with Gasteiger partial charge < -0.3 is 9.32 Å². The average molecular weight is 315 g/mol. The summed E-state index contributed by atoms with van der Waals surface area (Å²) in [6, 6.07) is 5.10. The zero-order valence-corrected chi connectivity index (χ0v) is 12.4. The van der Waals surface area contributed by atoms with E-state index in [4.69, 9.17) is 4.42 Å². The van der Waals surface area contributed by atoms with Gasteiger partial charge in [0.1, 0.15) is 5.76 Å². The van der Waals surface area contributed by atoms with Gasteiger partial charge in [0.05, 0.1) is 6.26 Å². The molecule has 0 spiro atoms. The third kappa shape index (κ3) is 3.65. The van der Waals surface area contributed by atoms with Crippen molar-refractivity contribution in [3.8, 4) is 0 Å². The van der Waals surface area contributed by atoms with Crippen LogP contribution in [-0.2, 0) is 0 Å². The first-order valence-electron chi connectivity index (χ1n) is 7.39. The van der Waals surface area contributed by atoms with Gasteiger partial charge in [-0.1, -0.05) is 0 Å². The van der Waals surface area contributed by atoms with E-state index in [9.17, 15) is 9.59 Å². The molecule has 0 bridgehead atoms. The first kappa shape index (κ1) is 15.0. The molecule has 0 aliphatic carbocycles. The fraction of sp³-hybridized carbons (Fsp3) is 0.333. The van der Waals surface area contributed by atoms with Gasteiger partial charge in [0.15, 0.2) is 0 Å². The number of hydrazine groups is 1. The minimum absolute atomic E-state index is 0.00401. The van der Waals surface area contributed by atoms with Gasteiger partial charge in [-0.2, -0.15) is 0 Å². The quantitative estimate of drug-likeness (QED) is 0.814. The summed E-state index contributed by atoms with van der Waals surface area (Å²) in [5.74, 6) is 0.745. The third-order valence-electron chi connectivity index (χ3n) is 3.78. The number of likely N-dealkylation sites (tertiary alicyclic amines) is 1. The molecule has 3 heterocycles. The third-order valence-corrected chi connectivity index (χ3v) is 3.78. The van der Waals surface area contributed by atoms with E-state index >= 15 is 0 Å². The summed E-state index contributed by atoms with van der Waals surface area (Å²) in [5.41, 5.74) is 4.70. The molecule has 1 aliphatic rings. The lowest BCUT2D eigenvalue weighted by Crippen LogP contribution is -2.51. The Hall–Kier alpha value is -2.90. The zero-order valence-electron chi connectivity index (χ0n) is 12.4. The zero-order chi connectivity index (χ0) is 16.1. The predicted octanol–water partition coefficient (Wildman–Crippen LogP) is 1.30. The van der Waals surface area contributed by atoms with Crippen LogP contribution in [0.1, 0.15) is 35.1 Å². The summed E-state index contributed by atoms with van der Waals surface area (Å²) in [4.78, 5) is 33.1. The van der Waals surface area contributed by atoms with Gasteiger partial charge in [0.2, 0.25) is 5.82 Å². The van der Waals surface area contributed by atoms with E-state index in [1.54, 1.807) is 17.2 Å². The molecule has 2 aromatic rings. The molecule has 8 nitrogen and oxygen atoms in total. The molecule has 0 radical (unpaired) electrons. The highest BCUT2D eigenvalue weighted by molar-refractivity contribution is 5.91. The Morgan fingerprint density at radius 3 is 2.52 bits per heavy atom. The molecule has 1 aliphatic heterocycles. The van der Waals surface area contributed by atoms with Crippen molar-refractivity contribution in [3.05, 3.63) is 48.4 Å². The molecule has 2 N–H and O–H groups in total. The second-order valence-corrected chi connectivity index (χ2v) is 5.23. The molecular formula is C15H17N5O3. The first-order chi connectivity index (χ1) is 11.2. The summed E-state index contributed by atoms with van der Waals surface area (Å²) in [5, 5.41) is 0. The molecule has 1 saturated heterocycles. The number of carbonyl (C=O) groups is 2. The monoisotopic (exact) mass is 315 g/mol. The number of rotatable bonds is 2. The number of nitrogens with one attached hydrogen (secondary N) is 2. The molecule has 23 heavy (non-hydrogen) atoms. The number of hydrogen-bond donors (Lipinski definition) is 2. The van der Waals surface area contributed by atoms with Crippen LogP contribution in [0.5, 0.6) is 0 Å². The van der Waals surface area contributed by atoms with Gasteiger partial charge in [-0.3, -0.25) is 10.2 Å². The van der Waals surface area contributed by atoms with Crippen LogP contribution in [-0.4, -0.2) is 39.9 Å². The van der Waals surface area contributed by atoms with Crippen LogP contribution in [0.2, 0.25) is 0 Å². The highest BCUT2D eigenvalue weighted by Crippen LogP contribution is 2.27. The van der Waals surface area contributed by atoms with Crippen molar-refractivity contribution < 1.29 is 14.0 Å². The lowest BCUT2D eigenvalue weighted by atomic mass is 9.95. The van der Waals surface area contributed by atoms with E-state index in [0.717, 1.165) is 18.6 Å². The molecule has 0 saturated carbocycles. The Morgan fingerprint density at radius 2 is 1.87 bits per heavy atom. The van der Waals surface area contributed by atoms with Gasteiger partial charge in [-0.05, 0) is 31.0 Å². The minimum Gasteiger partial charge on any atom is -0.469 e. The normalized spacial score (nSPS) is 15.2. The van der Waals surface area contributed by atoms with Crippen molar-refractivity contribution in [2.75, 3.05) is 13.1 Å². The maximum atomic E-state index is 12.1. The fourth-order valence-corrected chi connectivity index (χ4v) is 2.55. The molecule has 0 unspecified atom stereocenters. The Labute approximate surface area is 132 Å². The standard InChI is InChI=1S/C15H17N5O3/c21-14(13-16-6-2-7-17-13)18-19-15(22)20-8-4-11(5-9-20)12-3-1-10-23-12/h1-3,6-7,10-11H,4-5,8-9H2,(H,18,21)(H,19,22). The van der Waals surface area contributed by atoms with Crippen LogP contribution in [0.25, 0.3) is 0 Å². The van der Waals surface area contributed by atoms with E-state index < -0.39 is 5.91 Å². The average Bonchev–Trinajstić information content (AvgIpc) is 3.15. The van der Waals surface area contributed by atoms with Crippen molar-refractivity contribution in [2.24, 2.45) is 0 Å². The number of urea groups is 1. The van der Waals surface area contributed by atoms with Gasteiger partial charge in [-0.25, -0.2) is 20.2 Å². The van der Waals surface area contributed by atoms with Crippen LogP contribution in [0.15, 0.2) is 41.3 Å². The van der Waals surface area contributed by atoms with Crippen LogP contribution in [0, 0.1) is 0 Å². The fourth-order valence-electron chi connectivity index (χ4n) is 2.55. The highest BCUT2D eigenvalue weighted by atomic mass is 16.3. The Bertz CT molecular complexity index is 651. The molecule has 3 rings (SSSR count). The van der Waals surface area contributed by atoms with Crippen molar-refractivity contribution in [2.45, 2.75) is 18.8 Å². The smallest absolute Gasteiger partial charge is 0.336 e. The summed E-state index contributed by atoms with van der Waals surface area (Å²) in [7, 11) is 0. The second-order valence-electron chi connectivity index (χ2n) is 5.23. The summed E-state index contributed by atoms with van der Waals surface area (Å²) < 4.78 is 5.41. The van der Waals surface area contributed by atoms with Gasteiger partial charge >= 0.3 is 11.9 Å². The predicted molar refractivity (Wildman–Crippen MR) is 80.3 cm³/mol. The lowest BCUT2D eigenvalue weighted by Gasteiger charge is -2.31. The van der Waals surface area contributed by atoms with Crippen molar-refractivity contribution in [3.63, 3.8) is 0 Å². The number of amides is 3. The second kappa shape index (κ2) is 6.91. The number of carbonyl (C=O) groups excluding carboxylic acids is 2. The summed E-state index contributed by atoms with van der Waals surface area (Å²) in [6.07, 6.45) is 6.25. The van der Waals surface area contributed by atoms with Crippen LogP contribution < -0.4 is 10.9 Å². The van der Waals surface area contributed by atoms with Gasteiger partial charge in [0, 0.05) is 31.4 Å². The largest absolute Gasteiger partial charge is 0.469 e. The topological polar surface area (TPSA) is 100 Å². The lowest BCUT2D eigenvalue weighted by molar-refractivity contribution is 0.0916. The molecule has 120 valence electrons. The molecule has 0 atom stereocenters. The molecule has 2 aromatic heterocycles. The molecule has 8 heteroatoms. The van der Waals surface area contributed by atoms with Gasteiger partial charge in [-0.15, -0.1) is 0 Å². The molecular weight excluding hydrogens is 298 g/mol. The van der Waals surface area contributed by atoms with Gasteiger partial charge in [0.25, 0.3) is 0 Å².